The fraction of sp³-hybridized carbons (Fsp3) is 0.514. The van der Waals surface area contributed by atoms with Gasteiger partial charge in [0.1, 0.15) is 5.75 Å². The van der Waals surface area contributed by atoms with Gasteiger partial charge in [0.05, 0.1) is 84.2 Å². The van der Waals surface area contributed by atoms with E-state index in [4.69, 9.17) is 44.6 Å². The van der Waals surface area contributed by atoms with Crippen LogP contribution in [0.5, 0.6) is 11.5 Å². The molecule has 2 aromatic carbocycles. The lowest BCUT2D eigenvalue weighted by Crippen LogP contribution is -2.49. The van der Waals surface area contributed by atoms with Gasteiger partial charge < -0.3 is 65.5 Å². The van der Waals surface area contributed by atoms with E-state index in [9.17, 15) is 41.8 Å². The second-order valence-electron chi connectivity index (χ2n) is 12.2. The fourth-order valence-electron chi connectivity index (χ4n) is 4.53. The van der Waals surface area contributed by atoms with Crippen LogP contribution in [-0.4, -0.2) is 153 Å². The molecule has 23 heteroatoms. The van der Waals surface area contributed by atoms with Crippen molar-refractivity contribution < 1.29 is 75.0 Å². The third-order valence-corrected chi connectivity index (χ3v) is 8.93. The number of sulfonamides is 1. The van der Waals surface area contributed by atoms with Crippen molar-refractivity contribution in [1.29, 1.82) is 0 Å². The van der Waals surface area contributed by atoms with Gasteiger partial charge in [-0.15, -0.1) is 0 Å². The number of benzene rings is 2. The van der Waals surface area contributed by atoms with Gasteiger partial charge in [0.15, 0.2) is 35.6 Å². The highest BCUT2D eigenvalue weighted by Gasteiger charge is 2.29. The van der Waals surface area contributed by atoms with Gasteiger partial charge in [-0.1, -0.05) is 0 Å². The summed E-state index contributed by atoms with van der Waals surface area (Å²) in [6.45, 7) is 6.54. The maximum atomic E-state index is 14.7. The average molecular weight is 877 g/mol. The van der Waals surface area contributed by atoms with Crippen LogP contribution in [0.1, 0.15) is 19.4 Å². The predicted octanol–water partition coefficient (Wildman–Crippen LogP) is -0.688. The van der Waals surface area contributed by atoms with E-state index in [0.29, 0.717) is 46.2 Å². The largest absolute Gasteiger partial charge is 0.451 e. The summed E-state index contributed by atoms with van der Waals surface area (Å²) in [6, 6.07) is 6.78. The molecule has 9 N–H and O–H groups in total. The van der Waals surface area contributed by atoms with E-state index in [-0.39, 0.29) is 74.5 Å². The number of aliphatic imine (C=N–C) groups is 1. The molecule has 0 heterocycles. The topological polar surface area (TPSA) is 291 Å². The first-order valence-electron chi connectivity index (χ1n) is 18.6. The van der Waals surface area contributed by atoms with Crippen LogP contribution >= 0.6 is 0 Å². The van der Waals surface area contributed by atoms with E-state index in [2.05, 4.69) is 20.3 Å². The first-order chi connectivity index (χ1) is 28.7. The van der Waals surface area contributed by atoms with Gasteiger partial charge in [-0.2, -0.15) is 4.99 Å². The number of nitrogens with one attached hydrogen (secondary N) is 3. The van der Waals surface area contributed by atoms with Gasteiger partial charge in [-0.3, -0.25) is 14.4 Å². The molecule has 0 aromatic heterocycles. The SMILES string of the molecule is CCNC(=O)C(O)C(O)C(=O)NCCOCCOCCOCCOCCOCCOCCNS(=O)(=O)c1ccc(Oc2c(F)cc(/C=C(\C)C(=O)N=C(N)N)cc2F)cc1. The summed E-state index contributed by atoms with van der Waals surface area (Å²) in [4.78, 5) is 38.4. The maximum Gasteiger partial charge on any atom is 0.275 e. The van der Waals surface area contributed by atoms with Gasteiger partial charge in [-0.05, 0) is 61.9 Å². The molecule has 2 rings (SSSR count). The van der Waals surface area contributed by atoms with E-state index >= 15 is 0 Å². The van der Waals surface area contributed by atoms with Crippen molar-refractivity contribution in [2.24, 2.45) is 16.5 Å². The van der Waals surface area contributed by atoms with Crippen LogP contribution in [-0.2, 0) is 52.8 Å². The smallest absolute Gasteiger partial charge is 0.275 e. The van der Waals surface area contributed by atoms with Crippen molar-refractivity contribution in [3.8, 4) is 11.5 Å². The number of hydrogen-bond acceptors (Lipinski definition) is 14. The highest BCUT2D eigenvalue weighted by atomic mass is 32.2. The fourth-order valence-corrected chi connectivity index (χ4v) is 5.55. The quantitative estimate of drug-likeness (QED) is 0.0214. The maximum absolute atomic E-state index is 14.7. The van der Waals surface area contributed by atoms with Gasteiger partial charge in [0.25, 0.3) is 17.7 Å². The molecule has 0 spiro atoms. The van der Waals surface area contributed by atoms with Crippen molar-refractivity contribution in [2.75, 3.05) is 98.9 Å². The number of guanidine groups is 1. The summed E-state index contributed by atoms with van der Waals surface area (Å²) in [5.41, 5.74) is 10.4. The molecule has 0 aliphatic rings. The average Bonchev–Trinajstić information content (AvgIpc) is 3.20. The van der Waals surface area contributed by atoms with Crippen LogP contribution < -0.4 is 31.6 Å². The van der Waals surface area contributed by atoms with Crippen molar-refractivity contribution in [1.82, 2.24) is 15.4 Å². The second kappa shape index (κ2) is 28.7. The van der Waals surface area contributed by atoms with E-state index < -0.39 is 63.3 Å². The normalized spacial score (nSPS) is 12.7. The molecule has 2 aromatic rings. The number of hydrogen-bond donors (Lipinski definition) is 7. The molecular formula is C37H54F2N6O14S. The lowest BCUT2D eigenvalue weighted by atomic mass is 10.1. The Kier molecular flexibility index (Phi) is 24.6. The molecule has 2 atom stereocenters. The lowest BCUT2D eigenvalue weighted by Gasteiger charge is -2.16. The van der Waals surface area contributed by atoms with Crippen LogP contribution in [0.4, 0.5) is 8.78 Å². The van der Waals surface area contributed by atoms with Crippen LogP contribution in [0, 0.1) is 11.6 Å². The summed E-state index contributed by atoms with van der Waals surface area (Å²) in [7, 11) is -3.93. The van der Waals surface area contributed by atoms with Gasteiger partial charge in [-0.25, -0.2) is 21.9 Å². The zero-order chi connectivity index (χ0) is 44.3. The standard InChI is InChI=1S/C37H54F2N6O14S/c1-3-42-35(49)31(46)32(47)36(50)43-8-10-53-12-14-55-16-18-57-20-21-58-19-17-56-15-13-54-11-9-44-60(51,52)28-6-4-27(5-7-28)59-33-29(38)23-26(24-30(33)39)22-25(2)34(48)45-37(40)41/h4-7,22-24,31-32,44,46-47H,3,8-21H2,1-2H3,(H,42,49)(H,43,50)(H4,40,41,45,48)/b25-22+. The molecule has 0 fully saturated rings. The number of rotatable bonds is 31. The predicted molar refractivity (Wildman–Crippen MR) is 211 cm³/mol. The van der Waals surface area contributed by atoms with Crippen molar-refractivity contribution in [3.63, 3.8) is 0 Å². The molecule has 3 amide bonds. The molecule has 0 aliphatic heterocycles. The molecule has 336 valence electrons. The van der Waals surface area contributed by atoms with E-state index in [1.807, 2.05) is 0 Å². The number of nitrogens with zero attached hydrogens (tertiary/aromatic N) is 1. The summed E-state index contributed by atoms with van der Waals surface area (Å²) < 4.78 is 94.7. The monoisotopic (exact) mass is 876 g/mol. The summed E-state index contributed by atoms with van der Waals surface area (Å²) in [5.74, 6) is -5.85. The Labute approximate surface area is 346 Å². The first-order valence-corrected chi connectivity index (χ1v) is 20.1. The minimum Gasteiger partial charge on any atom is -0.451 e. The van der Waals surface area contributed by atoms with Crippen LogP contribution in [0.3, 0.4) is 0 Å². The summed E-state index contributed by atoms with van der Waals surface area (Å²) in [5, 5.41) is 24.0. The highest BCUT2D eigenvalue weighted by Crippen LogP contribution is 2.30. The zero-order valence-electron chi connectivity index (χ0n) is 33.4. The van der Waals surface area contributed by atoms with E-state index in [1.165, 1.54) is 37.3 Å². The Balaban J connectivity index is 1.47. The Hall–Kier alpha value is -4.69. The number of halogens is 2. The molecule has 0 aliphatic carbocycles. The number of aliphatic hydroxyl groups is 2. The number of carbonyl (C=O) groups is 3. The minimum atomic E-state index is -3.93. The Bertz CT molecular complexity index is 1780. The van der Waals surface area contributed by atoms with Gasteiger partial charge in [0, 0.05) is 25.2 Å². The minimum absolute atomic E-state index is 0.0190. The summed E-state index contributed by atoms with van der Waals surface area (Å²) in [6.07, 6.45) is -2.56. The molecule has 0 saturated heterocycles. The lowest BCUT2D eigenvalue weighted by molar-refractivity contribution is -0.146. The molecule has 60 heavy (non-hydrogen) atoms. The number of nitrogens with two attached hydrogens (primary N) is 2. The third kappa shape index (κ3) is 20.5. The highest BCUT2D eigenvalue weighted by molar-refractivity contribution is 7.89. The Morgan fingerprint density at radius 1 is 0.733 bits per heavy atom. The number of carbonyl (C=O) groups excluding carboxylic acids is 3. The molecular weight excluding hydrogens is 822 g/mol. The third-order valence-electron chi connectivity index (χ3n) is 7.46. The van der Waals surface area contributed by atoms with Gasteiger partial charge in [0.2, 0.25) is 10.0 Å². The Morgan fingerprint density at radius 2 is 1.17 bits per heavy atom. The molecule has 0 saturated carbocycles. The van der Waals surface area contributed by atoms with Crippen LogP contribution in [0.2, 0.25) is 0 Å². The van der Waals surface area contributed by atoms with Crippen molar-refractivity contribution in [2.45, 2.75) is 31.0 Å². The second-order valence-corrected chi connectivity index (χ2v) is 14.0. The Morgan fingerprint density at radius 3 is 1.62 bits per heavy atom. The molecule has 2 unspecified atom stereocenters. The van der Waals surface area contributed by atoms with Crippen molar-refractivity contribution >= 4 is 39.8 Å². The van der Waals surface area contributed by atoms with Crippen LogP contribution in [0.25, 0.3) is 6.08 Å². The number of likely N-dealkylation sites (N-methyl/N-ethyl adjacent to an activating group) is 1. The first kappa shape index (κ1) is 51.5. The van der Waals surface area contributed by atoms with Crippen molar-refractivity contribution in [3.05, 3.63) is 59.2 Å². The van der Waals surface area contributed by atoms with E-state index in [0.717, 1.165) is 12.1 Å². The number of ether oxygens (including phenoxy) is 7. The number of aliphatic hydroxyl groups excluding tert-OH is 2. The molecule has 0 radical (unpaired) electrons. The number of amides is 3. The van der Waals surface area contributed by atoms with Gasteiger partial charge >= 0.3 is 0 Å². The summed E-state index contributed by atoms with van der Waals surface area (Å²) >= 11 is 0. The zero-order valence-corrected chi connectivity index (χ0v) is 34.2. The van der Waals surface area contributed by atoms with E-state index in [1.54, 1.807) is 6.92 Å². The molecule has 20 nitrogen and oxygen atoms in total. The van der Waals surface area contributed by atoms with Crippen LogP contribution in [0.15, 0.2) is 51.9 Å². The molecule has 0 bridgehead atoms.